The standard InChI is InChI=1S/C14H22N3O6P/c1-5-20-14(18)13-11(8-16-17-15)12(10(4)23-13)9-24(19,21-6-2)22-7-3/h5-9H2,1-4H3. The zero-order valence-corrected chi connectivity index (χ0v) is 15.2. The van der Waals surface area contributed by atoms with Crippen LogP contribution in [-0.4, -0.2) is 25.8 Å². The summed E-state index contributed by atoms with van der Waals surface area (Å²) in [6.45, 7) is 7.17. The molecule has 0 N–H and O–H groups in total. The van der Waals surface area contributed by atoms with Gasteiger partial charge in [0, 0.05) is 16.0 Å². The summed E-state index contributed by atoms with van der Waals surface area (Å²) in [5.74, 6) is -0.352. The molecule has 1 aromatic heterocycles. The zero-order valence-electron chi connectivity index (χ0n) is 14.3. The van der Waals surface area contributed by atoms with Crippen molar-refractivity contribution in [2.45, 2.75) is 40.4 Å². The van der Waals surface area contributed by atoms with Crippen LogP contribution >= 0.6 is 7.60 Å². The quantitative estimate of drug-likeness (QED) is 0.201. The minimum atomic E-state index is -3.41. The highest BCUT2D eigenvalue weighted by Gasteiger charge is 2.31. The number of esters is 1. The average molecular weight is 359 g/mol. The molecule has 9 nitrogen and oxygen atoms in total. The first-order valence-corrected chi connectivity index (χ1v) is 9.32. The Morgan fingerprint density at radius 1 is 1.21 bits per heavy atom. The van der Waals surface area contributed by atoms with Gasteiger partial charge in [-0.1, -0.05) is 5.11 Å². The van der Waals surface area contributed by atoms with E-state index in [9.17, 15) is 9.36 Å². The van der Waals surface area contributed by atoms with E-state index in [0.29, 0.717) is 16.9 Å². The molecule has 0 aliphatic carbocycles. The molecule has 0 unspecified atom stereocenters. The van der Waals surface area contributed by atoms with Crippen LogP contribution in [0.3, 0.4) is 0 Å². The van der Waals surface area contributed by atoms with Crippen molar-refractivity contribution in [3.8, 4) is 0 Å². The Morgan fingerprint density at radius 3 is 2.33 bits per heavy atom. The number of carbonyl (C=O) groups excluding carboxylic acids is 1. The van der Waals surface area contributed by atoms with E-state index in [1.165, 1.54) is 0 Å². The number of furan rings is 1. The molecule has 1 rings (SSSR count). The maximum absolute atomic E-state index is 12.8. The smallest absolute Gasteiger partial charge is 0.374 e. The molecule has 0 saturated carbocycles. The summed E-state index contributed by atoms with van der Waals surface area (Å²) in [5, 5.41) is 3.48. The van der Waals surface area contributed by atoms with E-state index in [1.807, 2.05) is 0 Å². The average Bonchev–Trinajstić information content (AvgIpc) is 2.82. The summed E-state index contributed by atoms with van der Waals surface area (Å²) >= 11 is 0. The summed E-state index contributed by atoms with van der Waals surface area (Å²) in [4.78, 5) is 14.7. The van der Waals surface area contributed by atoms with Crippen LogP contribution in [0.25, 0.3) is 10.4 Å². The van der Waals surface area contributed by atoms with E-state index in [2.05, 4.69) is 10.0 Å². The van der Waals surface area contributed by atoms with Crippen LogP contribution in [0.1, 0.15) is 48.2 Å². The summed E-state index contributed by atoms with van der Waals surface area (Å²) < 4.78 is 33.7. The van der Waals surface area contributed by atoms with E-state index in [4.69, 9.17) is 23.7 Å². The summed E-state index contributed by atoms with van der Waals surface area (Å²) in [7, 11) is -3.41. The Hall–Kier alpha value is -1.79. The van der Waals surface area contributed by atoms with Gasteiger partial charge in [-0.2, -0.15) is 0 Å². The molecule has 0 aliphatic rings. The zero-order chi connectivity index (χ0) is 18.2. The Bertz CT molecular complexity index is 656. The number of azide groups is 1. The second-order valence-corrected chi connectivity index (χ2v) is 6.71. The summed E-state index contributed by atoms with van der Waals surface area (Å²) in [5.41, 5.74) is 9.37. The number of carbonyl (C=O) groups is 1. The van der Waals surface area contributed by atoms with Gasteiger partial charge >= 0.3 is 13.6 Å². The summed E-state index contributed by atoms with van der Waals surface area (Å²) in [6.07, 6.45) is -0.0836. The van der Waals surface area contributed by atoms with Gasteiger partial charge in [-0.05, 0) is 33.2 Å². The third-order valence-corrected chi connectivity index (χ3v) is 5.08. The van der Waals surface area contributed by atoms with Gasteiger partial charge in [0.1, 0.15) is 5.76 Å². The molecule has 134 valence electrons. The van der Waals surface area contributed by atoms with Gasteiger partial charge in [0.05, 0.1) is 32.5 Å². The largest absolute Gasteiger partial charge is 0.460 e. The predicted molar refractivity (Wildman–Crippen MR) is 86.8 cm³/mol. The lowest BCUT2D eigenvalue weighted by Gasteiger charge is -2.17. The molecule has 10 heteroatoms. The highest BCUT2D eigenvalue weighted by Crippen LogP contribution is 2.52. The van der Waals surface area contributed by atoms with Crippen molar-refractivity contribution in [2.75, 3.05) is 19.8 Å². The number of hydrogen-bond acceptors (Lipinski definition) is 7. The Labute approximate surface area is 140 Å². The molecule has 24 heavy (non-hydrogen) atoms. The molecular weight excluding hydrogens is 337 g/mol. The van der Waals surface area contributed by atoms with Crippen LogP contribution in [0.5, 0.6) is 0 Å². The first-order chi connectivity index (χ1) is 11.4. The maximum atomic E-state index is 12.8. The highest BCUT2D eigenvalue weighted by molar-refractivity contribution is 7.53. The number of hydrogen-bond donors (Lipinski definition) is 0. The minimum Gasteiger partial charge on any atom is -0.460 e. The molecule has 0 saturated heterocycles. The molecule has 1 heterocycles. The van der Waals surface area contributed by atoms with Crippen molar-refractivity contribution < 1.29 is 27.6 Å². The van der Waals surface area contributed by atoms with Gasteiger partial charge < -0.3 is 18.2 Å². The second kappa shape index (κ2) is 9.49. The van der Waals surface area contributed by atoms with Gasteiger partial charge in [0.25, 0.3) is 0 Å². The van der Waals surface area contributed by atoms with Crippen LogP contribution in [0.2, 0.25) is 0 Å². The highest BCUT2D eigenvalue weighted by atomic mass is 31.2. The van der Waals surface area contributed by atoms with Crippen LogP contribution in [-0.2, 0) is 31.1 Å². The van der Waals surface area contributed by atoms with Crippen LogP contribution in [0, 0.1) is 6.92 Å². The molecule has 1 aromatic rings. The predicted octanol–water partition coefficient (Wildman–Crippen LogP) is 4.34. The second-order valence-electron chi connectivity index (χ2n) is 4.66. The number of nitrogens with zero attached hydrogens (tertiary/aromatic N) is 3. The van der Waals surface area contributed by atoms with Crippen molar-refractivity contribution in [1.29, 1.82) is 0 Å². The van der Waals surface area contributed by atoms with E-state index < -0.39 is 13.6 Å². The van der Waals surface area contributed by atoms with Gasteiger partial charge in [-0.15, -0.1) is 0 Å². The number of ether oxygens (including phenoxy) is 1. The molecule has 0 aromatic carbocycles. The van der Waals surface area contributed by atoms with Gasteiger partial charge in [-0.3, -0.25) is 4.57 Å². The molecule has 0 amide bonds. The van der Waals surface area contributed by atoms with Gasteiger partial charge in [0.2, 0.25) is 5.76 Å². The lowest BCUT2D eigenvalue weighted by molar-refractivity contribution is 0.0487. The fraction of sp³-hybridized carbons (Fsp3) is 0.643. The van der Waals surface area contributed by atoms with Crippen LogP contribution < -0.4 is 0 Å². The van der Waals surface area contributed by atoms with Crippen LogP contribution in [0.15, 0.2) is 9.53 Å². The fourth-order valence-electron chi connectivity index (χ4n) is 2.18. The van der Waals surface area contributed by atoms with Crippen molar-refractivity contribution in [3.05, 3.63) is 33.1 Å². The first kappa shape index (κ1) is 20.3. The number of aryl methyl sites for hydroxylation is 1. The Kier molecular flexibility index (Phi) is 8.01. The van der Waals surface area contributed by atoms with Crippen molar-refractivity contribution in [1.82, 2.24) is 0 Å². The van der Waals surface area contributed by atoms with Crippen molar-refractivity contribution in [2.24, 2.45) is 5.11 Å². The van der Waals surface area contributed by atoms with Gasteiger partial charge in [0.15, 0.2) is 0 Å². The Balaban J connectivity index is 3.32. The van der Waals surface area contributed by atoms with E-state index in [0.717, 1.165) is 0 Å². The molecule has 0 radical (unpaired) electrons. The minimum absolute atomic E-state index is 0.0590. The molecule has 0 atom stereocenters. The van der Waals surface area contributed by atoms with Crippen molar-refractivity contribution in [3.63, 3.8) is 0 Å². The molecule has 0 bridgehead atoms. The molecular formula is C14H22N3O6P. The third kappa shape index (κ3) is 5.11. The SMILES string of the molecule is CCOC(=O)c1oc(C)c(CP(=O)(OCC)OCC)c1CN=[N+]=[N-]. The van der Waals surface area contributed by atoms with E-state index >= 15 is 0 Å². The maximum Gasteiger partial charge on any atom is 0.374 e. The number of rotatable bonds is 10. The molecule has 0 fully saturated rings. The van der Waals surface area contributed by atoms with Gasteiger partial charge in [-0.25, -0.2) is 4.79 Å². The lowest BCUT2D eigenvalue weighted by atomic mass is 10.1. The third-order valence-electron chi connectivity index (χ3n) is 3.07. The fourth-order valence-corrected chi connectivity index (χ4v) is 4.02. The molecule has 0 aliphatic heterocycles. The van der Waals surface area contributed by atoms with E-state index in [1.54, 1.807) is 27.7 Å². The van der Waals surface area contributed by atoms with E-state index in [-0.39, 0.29) is 38.3 Å². The summed E-state index contributed by atoms with van der Waals surface area (Å²) in [6, 6.07) is 0. The van der Waals surface area contributed by atoms with Crippen LogP contribution in [0.4, 0.5) is 0 Å². The topological polar surface area (TPSA) is 124 Å². The molecule has 0 spiro atoms. The lowest BCUT2D eigenvalue weighted by Crippen LogP contribution is -2.07. The first-order valence-electron chi connectivity index (χ1n) is 7.59. The Morgan fingerprint density at radius 2 is 1.83 bits per heavy atom. The monoisotopic (exact) mass is 359 g/mol. The normalized spacial score (nSPS) is 11.2. The van der Waals surface area contributed by atoms with Crippen molar-refractivity contribution >= 4 is 13.6 Å².